The Balaban J connectivity index is 1.61. The minimum atomic E-state index is -1.60. The number of carbonyl (C=O) groups is 3. The fourth-order valence-corrected chi connectivity index (χ4v) is 6.75. The van der Waals surface area contributed by atoms with Crippen LogP contribution in [0, 0.1) is 0 Å². The molecule has 0 saturated carbocycles. The highest BCUT2D eigenvalue weighted by molar-refractivity contribution is 9.10. The number of ketones is 1. The van der Waals surface area contributed by atoms with Crippen molar-refractivity contribution >= 4 is 56.1 Å². The molecule has 0 bridgehead atoms. The summed E-state index contributed by atoms with van der Waals surface area (Å²) < 4.78 is 3.03. The number of rotatable bonds is 6. The molecule has 4 atom stereocenters. The molecule has 4 rings (SSSR count). The van der Waals surface area contributed by atoms with E-state index in [9.17, 15) is 19.5 Å². The van der Waals surface area contributed by atoms with E-state index in [1.165, 1.54) is 22.7 Å². The highest BCUT2D eigenvalue weighted by atomic mass is 79.9. The van der Waals surface area contributed by atoms with E-state index in [0.29, 0.717) is 5.56 Å². The zero-order chi connectivity index (χ0) is 22.6. The molecule has 2 unspecified atom stereocenters. The second-order valence-corrected chi connectivity index (χ2v) is 11.3. The lowest BCUT2D eigenvalue weighted by Crippen LogP contribution is -2.75. The first-order valence-electron chi connectivity index (χ1n) is 9.81. The van der Waals surface area contributed by atoms with Crippen molar-refractivity contribution in [1.82, 2.24) is 4.90 Å². The molecule has 8 heteroatoms. The van der Waals surface area contributed by atoms with Crippen LogP contribution in [0.15, 0.2) is 55.1 Å². The predicted molar refractivity (Wildman–Crippen MR) is 123 cm³/mol. The maximum Gasteiger partial charge on any atom is 0.330 e. The number of aliphatic hydroxyl groups is 1. The van der Waals surface area contributed by atoms with Crippen LogP contribution in [0.4, 0.5) is 0 Å². The van der Waals surface area contributed by atoms with Gasteiger partial charge in [-0.25, -0.2) is 4.79 Å². The summed E-state index contributed by atoms with van der Waals surface area (Å²) >= 11 is 4.74. The van der Waals surface area contributed by atoms with Gasteiger partial charge in [0, 0.05) is 10.3 Å². The molecular formula is C23H22BrNO5S. The van der Waals surface area contributed by atoms with Crippen molar-refractivity contribution in [2.45, 2.75) is 40.4 Å². The second-order valence-electron chi connectivity index (χ2n) is 8.20. The average Bonchev–Trinajstić information content (AvgIpc) is 3.04. The quantitative estimate of drug-likeness (QED) is 0.214. The smallest absolute Gasteiger partial charge is 0.330 e. The van der Waals surface area contributed by atoms with Gasteiger partial charge in [0.05, 0.1) is 0 Å². The monoisotopic (exact) mass is 503 g/mol. The molecule has 2 heterocycles. The second kappa shape index (κ2) is 7.76. The highest BCUT2D eigenvalue weighted by Crippen LogP contribution is 2.59. The van der Waals surface area contributed by atoms with Crippen LogP contribution in [-0.4, -0.2) is 60.9 Å². The normalized spacial score (nSPS) is 27.4. The predicted octanol–water partition coefficient (Wildman–Crippen LogP) is 3.31. The number of aliphatic hydroxyl groups excluding tert-OH is 1. The molecule has 2 aliphatic heterocycles. The van der Waals surface area contributed by atoms with E-state index in [1.807, 2.05) is 44.2 Å². The summed E-state index contributed by atoms with van der Waals surface area (Å²) in [6, 6.07) is 11.9. The number of carbonyl (C=O) groups excluding carboxylic acids is 3. The van der Waals surface area contributed by atoms with Gasteiger partial charge in [-0.2, -0.15) is 0 Å². The Labute approximate surface area is 192 Å². The molecule has 0 radical (unpaired) electrons. The van der Waals surface area contributed by atoms with Crippen LogP contribution < -0.4 is 0 Å². The Kier molecular flexibility index (Phi) is 5.52. The lowest BCUT2D eigenvalue weighted by Gasteiger charge is -2.51. The van der Waals surface area contributed by atoms with Crippen LogP contribution in [0.1, 0.15) is 24.2 Å². The molecule has 2 saturated heterocycles. The molecule has 0 spiro atoms. The molecule has 1 amide bonds. The molecule has 0 aromatic heterocycles. The van der Waals surface area contributed by atoms with Crippen molar-refractivity contribution in [1.29, 1.82) is 0 Å². The maximum atomic E-state index is 13.2. The summed E-state index contributed by atoms with van der Waals surface area (Å²) in [7, 11) is 0. The van der Waals surface area contributed by atoms with Crippen molar-refractivity contribution < 1.29 is 24.2 Å². The SMILES string of the molecule is C=CCOC(=O)[C@@H]1N2C(=O)C(Br)(C(O)C(=O)c3ccc4ccccc4c3)[C@H]2SC1(C)C. The minimum Gasteiger partial charge on any atom is -0.460 e. The van der Waals surface area contributed by atoms with E-state index in [-0.39, 0.29) is 6.61 Å². The van der Waals surface area contributed by atoms with Gasteiger partial charge in [0.2, 0.25) is 5.91 Å². The zero-order valence-corrected chi connectivity index (χ0v) is 19.5. The molecule has 2 aromatic rings. The Bertz CT molecular complexity index is 1100. The van der Waals surface area contributed by atoms with Crippen LogP contribution in [0.2, 0.25) is 0 Å². The molecule has 162 valence electrons. The number of fused-ring (bicyclic) bond motifs is 2. The first kappa shape index (κ1) is 22.0. The summed E-state index contributed by atoms with van der Waals surface area (Å²) in [6.07, 6.45) is -0.142. The molecule has 6 nitrogen and oxygen atoms in total. The Morgan fingerprint density at radius 3 is 2.65 bits per heavy atom. The van der Waals surface area contributed by atoms with Crippen LogP contribution in [0.5, 0.6) is 0 Å². The number of halogens is 1. The lowest BCUT2D eigenvalue weighted by atomic mass is 9.84. The third kappa shape index (κ3) is 3.32. The molecular weight excluding hydrogens is 482 g/mol. The van der Waals surface area contributed by atoms with Crippen LogP contribution in [0.25, 0.3) is 10.8 Å². The van der Waals surface area contributed by atoms with Gasteiger partial charge in [-0.05, 0) is 30.7 Å². The summed E-state index contributed by atoms with van der Waals surface area (Å²) in [6.45, 7) is 7.26. The van der Waals surface area contributed by atoms with Crippen molar-refractivity contribution in [2.24, 2.45) is 0 Å². The number of hydrogen-bond donors (Lipinski definition) is 1. The number of nitrogens with zero attached hydrogens (tertiary/aromatic N) is 1. The van der Waals surface area contributed by atoms with E-state index in [1.54, 1.807) is 12.1 Å². The van der Waals surface area contributed by atoms with Crippen molar-refractivity contribution in [3.63, 3.8) is 0 Å². The van der Waals surface area contributed by atoms with E-state index in [2.05, 4.69) is 22.5 Å². The average molecular weight is 504 g/mol. The summed E-state index contributed by atoms with van der Waals surface area (Å²) in [4.78, 5) is 40.3. The first-order chi connectivity index (χ1) is 14.6. The van der Waals surface area contributed by atoms with E-state index >= 15 is 0 Å². The summed E-state index contributed by atoms with van der Waals surface area (Å²) in [5.74, 6) is -1.58. The zero-order valence-electron chi connectivity index (χ0n) is 17.1. The van der Waals surface area contributed by atoms with E-state index in [0.717, 1.165) is 10.8 Å². The Morgan fingerprint density at radius 1 is 1.29 bits per heavy atom. The number of benzene rings is 2. The maximum absolute atomic E-state index is 13.2. The van der Waals surface area contributed by atoms with Crippen molar-refractivity contribution in [3.05, 3.63) is 60.7 Å². The van der Waals surface area contributed by atoms with Gasteiger partial charge < -0.3 is 14.7 Å². The number of amides is 1. The summed E-state index contributed by atoms with van der Waals surface area (Å²) in [5.41, 5.74) is 0.320. The molecule has 2 fully saturated rings. The van der Waals surface area contributed by atoms with Gasteiger partial charge in [0.15, 0.2) is 10.1 Å². The van der Waals surface area contributed by atoms with Crippen LogP contribution in [-0.2, 0) is 14.3 Å². The number of thioether (sulfide) groups is 1. The van der Waals surface area contributed by atoms with E-state index < -0.39 is 44.3 Å². The van der Waals surface area contributed by atoms with Crippen molar-refractivity contribution in [3.8, 4) is 0 Å². The minimum absolute atomic E-state index is 0.0469. The number of ether oxygens (including phenoxy) is 1. The van der Waals surface area contributed by atoms with Gasteiger partial charge in [0.25, 0.3) is 0 Å². The number of hydrogen-bond acceptors (Lipinski definition) is 6. The molecule has 2 aromatic carbocycles. The van der Waals surface area contributed by atoms with Gasteiger partial charge in [-0.3, -0.25) is 9.59 Å². The first-order valence-corrected chi connectivity index (χ1v) is 11.5. The Morgan fingerprint density at radius 2 is 1.97 bits per heavy atom. The van der Waals surface area contributed by atoms with Crippen LogP contribution in [0.3, 0.4) is 0 Å². The topological polar surface area (TPSA) is 83.9 Å². The fourth-order valence-electron chi connectivity index (χ4n) is 4.19. The van der Waals surface area contributed by atoms with Crippen molar-refractivity contribution in [2.75, 3.05) is 6.61 Å². The Hall–Kier alpha value is -2.16. The number of esters is 1. The van der Waals surface area contributed by atoms with Gasteiger partial charge in [0.1, 0.15) is 24.1 Å². The fraction of sp³-hybridized carbons (Fsp3) is 0.348. The van der Waals surface area contributed by atoms with Gasteiger partial charge >= 0.3 is 5.97 Å². The van der Waals surface area contributed by atoms with E-state index in [4.69, 9.17) is 4.74 Å². The number of Topliss-reactive ketones (excluding diaryl/α,β-unsaturated/α-hetero) is 1. The van der Waals surface area contributed by atoms with Crippen LogP contribution >= 0.6 is 27.7 Å². The standard InChI is InChI=1S/C23H22BrNO5S/c1-4-11-30-19(28)17-22(2,3)31-21-23(24,20(29)25(17)21)18(27)16(26)15-10-9-13-7-5-6-8-14(13)12-15/h4-10,12,17-18,21,27H,1,11H2,2-3H3/t17-,18?,21+,23?/m0/s1. The van der Waals surface area contributed by atoms with Gasteiger partial charge in [-0.15, -0.1) is 11.8 Å². The molecule has 1 N–H and O–H groups in total. The van der Waals surface area contributed by atoms with Gasteiger partial charge in [-0.1, -0.05) is 65.0 Å². The highest BCUT2D eigenvalue weighted by Gasteiger charge is 2.74. The lowest BCUT2D eigenvalue weighted by molar-refractivity contribution is -0.166. The molecule has 2 aliphatic rings. The summed E-state index contributed by atoms with van der Waals surface area (Å²) in [5, 5.41) is 12.2. The number of β-lactam (4-membered cyclic amide) rings is 1. The molecule has 31 heavy (non-hydrogen) atoms. The third-order valence-corrected chi connectivity index (χ3v) is 8.94. The molecule has 0 aliphatic carbocycles. The number of alkyl halides is 1. The largest absolute Gasteiger partial charge is 0.460 e. The third-order valence-electron chi connectivity index (χ3n) is 5.77.